The molecule has 10 nitrogen and oxygen atoms in total. The van der Waals surface area contributed by atoms with E-state index in [-0.39, 0.29) is 23.9 Å². The number of tetrazole rings is 1. The van der Waals surface area contributed by atoms with Gasteiger partial charge in [-0.1, -0.05) is 6.07 Å². The number of aromatic amines is 1. The van der Waals surface area contributed by atoms with Crippen molar-refractivity contribution in [1.82, 2.24) is 25.5 Å². The van der Waals surface area contributed by atoms with Crippen molar-refractivity contribution in [2.75, 3.05) is 38.2 Å². The van der Waals surface area contributed by atoms with E-state index in [1.165, 1.54) is 6.20 Å². The van der Waals surface area contributed by atoms with Crippen molar-refractivity contribution in [2.24, 2.45) is 0 Å². The van der Waals surface area contributed by atoms with Gasteiger partial charge < -0.3 is 19.7 Å². The van der Waals surface area contributed by atoms with Crippen LogP contribution in [-0.2, 0) is 9.53 Å². The lowest BCUT2D eigenvalue weighted by atomic mass is 10.2. The van der Waals surface area contributed by atoms with E-state index in [1.807, 2.05) is 6.07 Å². The maximum Gasteiger partial charge on any atom is 0.260 e. The van der Waals surface area contributed by atoms with Gasteiger partial charge in [-0.3, -0.25) is 4.79 Å². The van der Waals surface area contributed by atoms with E-state index in [0.29, 0.717) is 37.7 Å². The summed E-state index contributed by atoms with van der Waals surface area (Å²) in [6, 6.07) is 9.06. The lowest BCUT2D eigenvalue weighted by molar-refractivity contribution is -0.137. The third-order valence-corrected chi connectivity index (χ3v) is 3.65. The van der Waals surface area contributed by atoms with Gasteiger partial charge >= 0.3 is 0 Å². The molecule has 10 heteroatoms. The molecule has 0 radical (unpaired) electrons. The Bertz CT molecular complexity index is 808. The van der Waals surface area contributed by atoms with E-state index in [9.17, 15) is 4.79 Å². The van der Waals surface area contributed by atoms with Crippen molar-refractivity contribution in [2.45, 2.75) is 0 Å². The predicted molar refractivity (Wildman–Crippen MR) is 90.7 cm³/mol. The lowest BCUT2D eigenvalue weighted by Crippen LogP contribution is -2.42. The largest absolute Gasteiger partial charge is 0.484 e. The highest BCUT2D eigenvalue weighted by Gasteiger charge is 2.17. The minimum Gasteiger partial charge on any atom is -0.484 e. The highest BCUT2D eigenvalue weighted by atomic mass is 16.5. The fourth-order valence-corrected chi connectivity index (χ4v) is 2.30. The molecule has 0 atom stereocenters. The number of nitrogens with one attached hydrogen (secondary N) is 2. The van der Waals surface area contributed by atoms with Crippen LogP contribution in [0.1, 0.15) is 5.82 Å². The first kappa shape index (κ1) is 17.4. The van der Waals surface area contributed by atoms with Crippen LogP contribution < -0.4 is 10.1 Å². The van der Waals surface area contributed by atoms with Crippen LogP contribution in [0.4, 0.5) is 5.69 Å². The summed E-state index contributed by atoms with van der Waals surface area (Å²) in [6.45, 7) is 2.24. The summed E-state index contributed by atoms with van der Waals surface area (Å²) >= 11 is 0. The topological polar surface area (TPSA) is 129 Å². The Labute approximate surface area is 149 Å². The number of ether oxygens (including phenoxy) is 2. The first-order chi connectivity index (χ1) is 12.8. The van der Waals surface area contributed by atoms with Gasteiger partial charge in [0.15, 0.2) is 6.61 Å². The first-order valence-corrected chi connectivity index (χ1v) is 7.95. The number of carbonyl (C=O) groups excluding carboxylic acids is 1. The second kappa shape index (κ2) is 8.59. The normalized spacial score (nSPS) is 14.6. The van der Waals surface area contributed by atoms with Crippen LogP contribution in [-0.4, -0.2) is 64.3 Å². The van der Waals surface area contributed by atoms with E-state index in [4.69, 9.17) is 14.7 Å². The quantitative estimate of drug-likeness (QED) is 0.713. The number of hydrogen-bond acceptors (Lipinski definition) is 8. The van der Waals surface area contributed by atoms with Gasteiger partial charge in [0.1, 0.15) is 17.4 Å². The number of amides is 1. The minimum atomic E-state index is -0.0737. The molecule has 26 heavy (non-hydrogen) atoms. The average molecular weight is 355 g/mol. The van der Waals surface area contributed by atoms with Crippen molar-refractivity contribution in [3.8, 4) is 11.8 Å². The summed E-state index contributed by atoms with van der Waals surface area (Å²) in [7, 11) is 0. The molecule has 0 spiro atoms. The number of hydrogen-bond donors (Lipinski definition) is 2. The summed E-state index contributed by atoms with van der Waals surface area (Å²) < 4.78 is 10.8. The fourth-order valence-electron chi connectivity index (χ4n) is 2.30. The molecule has 1 aliphatic heterocycles. The molecule has 2 N–H and O–H groups in total. The van der Waals surface area contributed by atoms with Crippen LogP contribution in [0.25, 0.3) is 5.57 Å². The molecule has 0 unspecified atom stereocenters. The zero-order valence-corrected chi connectivity index (χ0v) is 13.9. The molecule has 1 aliphatic rings. The molecule has 1 saturated heterocycles. The molecule has 1 aromatic heterocycles. The van der Waals surface area contributed by atoms with Crippen LogP contribution in [0.15, 0.2) is 30.5 Å². The monoisotopic (exact) mass is 355 g/mol. The predicted octanol–water partition coefficient (Wildman–Crippen LogP) is 0.414. The smallest absolute Gasteiger partial charge is 0.260 e. The van der Waals surface area contributed by atoms with Crippen LogP contribution in [0.3, 0.4) is 0 Å². The van der Waals surface area contributed by atoms with Gasteiger partial charge in [0.2, 0.25) is 5.82 Å². The molecular weight excluding hydrogens is 338 g/mol. The minimum absolute atomic E-state index is 0.0361. The summed E-state index contributed by atoms with van der Waals surface area (Å²) in [5.74, 6) is 0.669. The van der Waals surface area contributed by atoms with Crippen molar-refractivity contribution >= 4 is 17.2 Å². The standard InChI is InChI=1S/C16H17N7O3/c17-9-12(16-19-21-22-20-16)10-18-13-2-1-3-14(8-13)26-11-15(24)23-4-6-25-7-5-23/h1-3,8,10,18H,4-7,11H2,(H,19,20,21,22). The zero-order valence-electron chi connectivity index (χ0n) is 13.9. The van der Waals surface area contributed by atoms with Crippen molar-refractivity contribution in [1.29, 1.82) is 5.26 Å². The molecule has 0 saturated carbocycles. The third-order valence-electron chi connectivity index (χ3n) is 3.65. The number of rotatable bonds is 6. The second-order valence-corrected chi connectivity index (χ2v) is 5.36. The van der Waals surface area contributed by atoms with E-state index < -0.39 is 0 Å². The Hall–Kier alpha value is -3.45. The molecule has 2 heterocycles. The number of aromatic nitrogens is 4. The van der Waals surface area contributed by atoms with E-state index >= 15 is 0 Å². The Balaban J connectivity index is 1.58. The maximum absolute atomic E-state index is 12.1. The third kappa shape index (κ3) is 4.55. The Kier molecular flexibility index (Phi) is 5.74. The Morgan fingerprint density at radius 1 is 1.46 bits per heavy atom. The first-order valence-electron chi connectivity index (χ1n) is 7.95. The van der Waals surface area contributed by atoms with Gasteiger partial charge in [-0.2, -0.15) is 10.5 Å². The molecule has 0 bridgehead atoms. The molecule has 1 fully saturated rings. The highest BCUT2D eigenvalue weighted by molar-refractivity contribution is 5.78. The number of anilines is 1. The summed E-state index contributed by atoms with van der Waals surface area (Å²) in [4.78, 5) is 13.8. The number of H-pyrrole nitrogens is 1. The molecule has 3 rings (SSSR count). The Morgan fingerprint density at radius 2 is 2.31 bits per heavy atom. The summed E-state index contributed by atoms with van der Waals surface area (Å²) in [5.41, 5.74) is 0.921. The van der Waals surface area contributed by atoms with Crippen LogP contribution >= 0.6 is 0 Å². The molecule has 1 aromatic carbocycles. The van der Waals surface area contributed by atoms with E-state index in [0.717, 1.165) is 0 Å². The summed E-state index contributed by atoms with van der Waals surface area (Å²) in [6.07, 6.45) is 1.48. The molecular formula is C16H17N7O3. The maximum atomic E-state index is 12.1. The van der Waals surface area contributed by atoms with Crippen molar-refractivity contribution in [3.05, 3.63) is 36.3 Å². The van der Waals surface area contributed by atoms with Gasteiger partial charge in [-0.15, -0.1) is 10.2 Å². The lowest BCUT2D eigenvalue weighted by Gasteiger charge is -2.26. The number of morpholine rings is 1. The Morgan fingerprint density at radius 3 is 3.04 bits per heavy atom. The van der Waals surface area contributed by atoms with E-state index in [2.05, 4.69) is 25.9 Å². The number of carbonyl (C=O) groups is 1. The van der Waals surface area contributed by atoms with Crippen molar-refractivity contribution in [3.63, 3.8) is 0 Å². The number of allylic oxidation sites excluding steroid dienone is 1. The number of nitriles is 1. The second-order valence-electron chi connectivity index (χ2n) is 5.36. The number of benzene rings is 1. The van der Waals surface area contributed by atoms with Gasteiger partial charge in [0.05, 0.1) is 13.2 Å². The summed E-state index contributed by atoms with van der Waals surface area (Å²) in [5, 5.41) is 25.3. The fraction of sp³-hybridized carbons (Fsp3) is 0.312. The van der Waals surface area contributed by atoms with Gasteiger partial charge in [-0.05, 0) is 17.3 Å². The molecule has 134 valence electrons. The number of nitrogens with zero attached hydrogens (tertiary/aromatic N) is 5. The van der Waals surface area contributed by atoms with Crippen LogP contribution in [0, 0.1) is 11.3 Å². The molecule has 1 amide bonds. The average Bonchev–Trinajstić information content (AvgIpc) is 3.22. The van der Waals surface area contributed by atoms with Gasteiger partial charge in [0.25, 0.3) is 5.91 Å². The molecule has 0 aliphatic carbocycles. The van der Waals surface area contributed by atoms with Gasteiger partial charge in [0, 0.05) is 31.0 Å². The highest BCUT2D eigenvalue weighted by Crippen LogP contribution is 2.18. The van der Waals surface area contributed by atoms with Gasteiger partial charge in [-0.25, -0.2) is 0 Å². The molecule has 2 aromatic rings. The van der Waals surface area contributed by atoms with Crippen LogP contribution in [0.5, 0.6) is 5.75 Å². The van der Waals surface area contributed by atoms with Crippen LogP contribution in [0.2, 0.25) is 0 Å². The SMILES string of the molecule is N#CC(=CNc1cccc(OCC(=O)N2CCOCC2)c1)c1nn[nH]n1. The van der Waals surface area contributed by atoms with E-state index in [1.54, 1.807) is 29.2 Å². The zero-order chi connectivity index (χ0) is 18.2. The van der Waals surface area contributed by atoms with Crippen molar-refractivity contribution < 1.29 is 14.3 Å².